The molecule has 234 valence electrons. The summed E-state index contributed by atoms with van der Waals surface area (Å²) in [5.41, 5.74) is -3.74. The zero-order chi connectivity index (χ0) is 32.1. The van der Waals surface area contributed by atoms with Crippen molar-refractivity contribution in [2.24, 2.45) is 34.5 Å². The maximum Gasteiger partial charge on any atom is 0.340 e. The molecule has 3 aromatic rings. The highest BCUT2D eigenvalue weighted by atomic mass is 19.1. The van der Waals surface area contributed by atoms with Gasteiger partial charge in [0.05, 0.1) is 17.2 Å². The van der Waals surface area contributed by atoms with Crippen molar-refractivity contribution in [3.63, 3.8) is 0 Å². The first-order chi connectivity index (χ1) is 21.3. The Balaban J connectivity index is 1.15. The van der Waals surface area contributed by atoms with Crippen LogP contribution in [-0.2, 0) is 14.3 Å². The Kier molecular flexibility index (Phi) is 6.61. The molecule has 0 amide bonds. The molecule has 7 nitrogen and oxygen atoms in total. The molecule has 0 spiro atoms. The molecule has 9 unspecified atom stereocenters. The van der Waals surface area contributed by atoms with E-state index in [9.17, 15) is 24.3 Å². The number of para-hydroxylation sites is 2. The lowest BCUT2D eigenvalue weighted by Crippen LogP contribution is -2.68. The first kappa shape index (κ1) is 29.7. The van der Waals surface area contributed by atoms with Crippen molar-refractivity contribution in [3.8, 4) is 0 Å². The van der Waals surface area contributed by atoms with Crippen LogP contribution in [0.1, 0.15) is 50.4 Å². The zero-order valence-electron chi connectivity index (χ0n) is 25.3. The minimum atomic E-state index is -2.22. The van der Waals surface area contributed by atoms with Crippen LogP contribution in [0.5, 0.6) is 0 Å². The minimum Gasteiger partial charge on any atom is -0.454 e. The molecule has 1 aromatic heterocycles. The molecule has 3 saturated carbocycles. The summed E-state index contributed by atoms with van der Waals surface area (Å²) in [5, 5.41) is 12.3. The van der Waals surface area contributed by atoms with Gasteiger partial charge < -0.3 is 14.8 Å². The quantitative estimate of drug-likeness (QED) is 0.292. The number of hydrogen-bond donors (Lipinski definition) is 2. The van der Waals surface area contributed by atoms with Crippen molar-refractivity contribution in [2.75, 3.05) is 6.61 Å². The Morgan fingerprint density at radius 3 is 2.56 bits per heavy atom. The number of hydrogen-bond acceptors (Lipinski definition) is 6. The third-order valence-corrected chi connectivity index (χ3v) is 11.6. The van der Waals surface area contributed by atoms with Crippen molar-refractivity contribution >= 4 is 39.3 Å². The second-order valence-electron chi connectivity index (χ2n) is 13.9. The van der Waals surface area contributed by atoms with E-state index in [4.69, 9.17) is 4.74 Å². The van der Waals surface area contributed by atoms with Gasteiger partial charge >= 0.3 is 5.97 Å². The van der Waals surface area contributed by atoms with Crippen LogP contribution in [0.25, 0.3) is 21.8 Å². The smallest absolute Gasteiger partial charge is 0.340 e. The molecule has 4 aliphatic carbocycles. The highest BCUT2D eigenvalue weighted by Crippen LogP contribution is 2.70. The van der Waals surface area contributed by atoms with Gasteiger partial charge in [0, 0.05) is 33.5 Å². The number of pyridine rings is 1. The molecule has 3 fully saturated rings. The standard InChI is InChI=1S/C36H35F2NO6/c1-18-13-23-24-15-26(37)25-14-19(40)11-12-35(25,3)36(24,38)29(42)16-34(23,2)30(18)28(41)17-45-33(44)22-9-6-8-21-31(22)39-27-10-5-4-7-20(27)32(21)43/h4-12,14,18,23-24,26,29-30,42H,13,15-17H2,1-3H3,(H,39,43). The van der Waals surface area contributed by atoms with Gasteiger partial charge in [-0.3, -0.25) is 14.4 Å². The number of alkyl halides is 2. The molecular weight excluding hydrogens is 580 g/mol. The molecule has 0 aliphatic heterocycles. The van der Waals surface area contributed by atoms with E-state index in [-0.39, 0.29) is 41.1 Å². The molecule has 2 N–H and O–H groups in total. The summed E-state index contributed by atoms with van der Waals surface area (Å²) in [4.78, 5) is 55.5. The van der Waals surface area contributed by atoms with Crippen molar-refractivity contribution in [1.82, 2.24) is 4.98 Å². The molecule has 7 rings (SSSR count). The lowest BCUT2D eigenvalue weighted by atomic mass is 9.45. The van der Waals surface area contributed by atoms with Crippen molar-refractivity contribution in [1.29, 1.82) is 0 Å². The summed E-state index contributed by atoms with van der Waals surface area (Å²) >= 11 is 0. The third kappa shape index (κ3) is 4.02. The predicted octanol–water partition coefficient (Wildman–Crippen LogP) is 5.59. The Morgan fingerprint density at radius 2 is 1.78 bits per heavy atom. The Labute approximate surface area is 258 Å². The van der Waals surface area contributed by atoms with E-state index >= 15 is 8.78 Å². The van der Waals surface area contributed by atoms with E-state index in [1.165, 1.54) is 18.2 Å². The third-order valence-electron chi connectivity index (χ3n) is 11.6. The predicted molar refractivity (Wildman–Crippen MR) is 164 cm³/mol. The topological polar surface area (TPSA) is 114 Å². The maximum absolute atomic E-state index is 17.4. The second kappa shape index (κ2) is 10.0. The average molecular weight is 616 g/mol. The van der Waals surface area contributed by atoms with E-state index in [1.807, 2.05) is 13.8 Å². The highest BCUT2D eigenvalue weighted by Gasteiger charge is 2.73. The number of Topliss-reactive ketones (excluding diaryl/α,β-unsaturated/α-hetero) is 1. The van der Waals surface area contributed by atoms with Crippen LogP contribution in [0.3, 0.4) is 0 Å². The van der Waals surface area contributed by atoms with Gasteiger partial charge in [-0.2, -0.15) is 0 Å². The second-order valence-corrected chi connectivity index (χ2v) is 13.9. The lowest BCUT2D eigenvalue weighted by molar-refractivity contribution is -0.202. The number of aromatic amines is 1. The number of fused-ring (bicyclic) bond motifs is 7. The largest absolute Gasteiger partial charge is 0.454 e. The number of benzene rings is 2. The first-order valence-electron chi connectivity index (χ1n) is 15.5. The van der Waals surface area contributed by atoms with Crippen LogP contribution < -0.4 is 5.43 Å². The summed E-state index contributed by atoms with van der Waals surface area (Å²) in [6.07, 6.45) is 0.980. The van der Waals surface area contributed by atoms with Gasteiger partial charge in [0.2, 0.25) is 0 Å². The summed E-state index contributed by atoms with van der Waals surface area (Å²) < 4.78 is 38.6. The van der Waals surface area contributed by atoms with Crippen LogP contribution >= 0.6 is 0 Å². The zero-order valence-corrected chi connectivity index (χ0v) is 25.3. The van der Waals surface area contributed by atoms with E-state index < -0.39 is 64.9 Å². The number of ketones is 2. The monoisotopic (exact) mass is 615 g/mol. The van der Waals surface area contributed by atoms with Crippen molar-refractivity contribution in [3.05, 3.63) is 82.1 Å². The van der Waals surface area contributed by atoms with E-state index in [0.717, 1.165) is 6.08 Å². The van der Waals surface area contributed by atoms with Crippen LogP contribution in [-0.4, -0.2) is 52.2 Å². The summed E-state index contributed by atoms with van der Waals surface area (Å²) in [6, 6.07) is 11.7. The number of nitrogens with one attached hydrogen (secondary N) is 1. The Hall–Kier alpha value is -3.98. The average Bonchev–Trinajstić information content (AvgIpc) is 3.27. The number of rotatable bonds is 4. The normalized spacial score (nSPS) is 37.1. The van der Waals surface area contributed by atoms with Gasteiger partial charge in [-0.05, 0) is 85.4 Å². The van der Waals surface area contributed by atoms with Gasteiger partial charge in [-0.1, -0.05) is 38.1 Å². The summed E-state index contributed by atoms with van der Waals surface area (Å²) in [6.45, 7) is 4.77. The number of esters is 1. The van der Waals surface area contributed by atoms with Gasteiger partial charge in [-0.15, -0.1) is 0 Å². The molecule has 4 aliphatic rings. The fourth-order valence-electron chi connectivity index (χ4n) is 9.68. The molecule has 1 heterocycles. The van der Waals surface area contributed by atoms with Gasteiger partial charge in [-0.25, -0.2) is 13.6 Å². The molecule has 45 heavy (non-hydrogen) atoms. The number of ether oxygens (including phenoxy) is 1. The van der Waals surface area contributed by atoms with Gasteiger partial charge in [0.15, 0.2) is 29.3 Å². The fourth-order valence-corrected chi connectivity index (χ4v) is 9.68. The number of aliphatic hydroxyl groups is 1. The number of aromatic nitrogens is 1. The number of aliphatic hydroxyl groups excluding tert-OH is 1. The minimum absolute atomic E-state index is 0.0292. The van der Waals surface area contributed by atoms with Crippen LogP contribution in [0.4, 0.5) is 8.78 Å². The van der Waals surface area contributed by atoms with Crippen molar-refractivity contribution in [2.45, 2.75) is 58.0 Å². The number of H-pyrrole nitrogens is 1. The maximum atomic E-state index is 17.4. The van der Waals surface area contributed by atoms with Crippen LogP contribution in [0.15, 0.2) is 71.1 Å². The Bertz CT molecular complexity index is 1910. The first-order valence-corrected chi connectivity index (χ1v) is 15.5. The van der Waals surface area contributed by atoms with Gasteiger partial charge in [0.1, 0.15) is 6.17 Å². The lowest BCUT2D eigenvalue weighted by Gasteiger charge is -2.62. The Morgan fingerprint density at radius 1 is 1.04 bits per heavy atom. The molecule has 0 saturated heterocycles. The molecule has 9 atom stereocenters. The molecular formula is C36H35F2NO6. The van der Waals surface area contributed by atoms with E-state index in [0.29, 0.717) is 28.2 Å². The van der Waals surface area contributed by atoms with Gasteiger partial charge in [0.25, 0.3) is 0 Å². The number of carbonyl (C=O) groups is 3. The number of carbonyl (C=O) groups excluding carboxylic acids is 3. The number of halogens is 2. The molecule has 0 bridgehead atoms. The summed E-state index contributed by atoms with van der Waals surface area (Å²) in [5.74, 6) is -3.70. The SMILES string of the molecule is CC1CC2C3CC(F)C4=CC(=O)C=CC4(C)C3(F)C(O)CC2(C)C1C(=O)COC(=O)c1cccc2c(=O)c3ccccc3[nH]c12. The molecule has 0 radical (unpaired) electrons. The molecule has 2 aromatic carbocycles. The van der Waals surface area contributed by atoms with Crippen molar-refractivity contribution < 1.29 is 33.0 Å². The van der Waals surface area contributed by atoms with Crippen LogP contribution in [0, 0.1) is 34.5 Å². The van der Waals surface area contributed by atoms with Crippen LogP contribution in [0.2, 0.25) is 0 Å². The molecule has 9 heteroatoms. The van der Waals surface area contributed by atoms with E-state index in [1.54, 1.807) is 43.3 Å². The van der Waals surface area contributed by atoms with E-state index in [2.05, 4.69) is 4.98 Å². The number of allylic oxidation sites excluding steroid dienone is 4. The highest BCUT2D eigenvalue weighted by molar-refractivity contribution is 6.06. The fraction of sp³-hybridized carbons (Fsp3) is 0.444. The summed E-state index contributed by atoms with van der Waals surface area (Å²) in [7, 11) is 0.